The van der Waals surface area contributed by atoms with Crippen molar-refractivity contribution in [3.63, 3.8) is 0 Å². The average Bonchev–Trinajstić information content (AvgIpc) is 3.24. The molecule has 0 saturated carbocycles. The first-order valence-corrected chi connectivity index (χ1v) is 14.1. The van der Waals surface area contributed by atoms with E-state index in [-0.39, 0.29) is 11.5 Å². The van der Waals surface area contributed by atoms with Crippen LogP contribution in [0.5, 0.6) is 0 Å². The Kier molecular flexibility index (Phi) is 6.04. The Bertz CT molecular complexity index is 1060. The third-order valence-electron chi connectivity index (χ3n) is 5.18. The number of hydrogen-bond donors (Lipinski definition) is 0. The zero-order valence-electron chi connectivity index (χ0n) is 19.1. The Hall–Kier alpha value is -2.66. The van der Waals surface area contributed by atoms with Gasteiger partial charge in [-0.1, -0.05) is 40.4 Å². The van der Waals surface area contributed by atoms with Gasteiger partial charge in [0.2, 0.25) is 0 Å². The second-order valence-electron chi connectivity index (χ2n) is 10.1. The van der Waals surface area contributed by atoms with Crippen molar-refractivity contribution in [1.29, 1.82) is 5.26 Å². The summed E-state index contributed by atoms with van der Waals surface area (Å²) in [5.41, 5.74) is 2.44. The highest BCUT2D eigenvalue weighted by Gasteiger charge is 2.27. The van der Waals surface area contributed by atoms with Gasteiger partial charge in [-0.25, -0.2) is 9.97 Å². The quantitative estimate of drug-likeness (QED) is 0.505. The molecule has 0 aliphatic carbocycles. The minimum absolute atomic E-state index is 0.0100. The lowest BCUT2D eigenvalue weighted by Crippen LogP contribution is -2.25. The van der Waals surface area contributed by atoms with Crippen LogP contribution in [0.1, 0.15) is 39.1 Å². The van der Waals surface area contributed by atoms with Crippen LogP contribution in [-0.2, 0) is 0 Å². The topological polar surface area (TPSA) is 81.5 Å². The van der Waals surface area contributed by atoms with Crippen molar-refractivity contribution in [3.8, 4) is 17.3 Å². The van der Waals surface area contributed by atoms with Crippen molar-refractivity contribution >= 4 is 19.1 Å². The molecule has 0 spiro atoms. The second kappa shape index (κ2) is 8.23. The maximum atomic E-state index is 9.26. The molecular formula is C22H32N6OSi. The molecule has 0 aromatic carbocycles. The van der Waals surface area contributed by atoms with Gasteiger partial charge in [0, 0.05) is 31.4 Å². The summed E-state index contributed by atoms with van der Waals surface area (Å²) in [4.78, 5) is 15.3. The Balaban J connectivity index is 1.96. The summed E-state index contributed by atoms with van der Waals surface area (Å²) in [6.07, 6.45) is 6.12. The highest BCUT2D eigenvalue weighted by atomic mass is 28.3. The molecule has 3 aromatic rings. The molecule has 0 unspecified atom stereocenters. The van der Waals surface area contributed by atoms with Crippen LogP contribution in [0.15, 0.2) is 24.7 Å². The van der Waals surface area contributed by atoms with Gasteiger partial charge in [0.1, 0.15) is 12.4 Å². The van der Waals surface area contributed by atoms with E-state index in [0.717, 1.165) is 28.3 Å². The van der Waals surface area contributed by atoms with E-state index in [0.29, 0.717) is 18.9 Å². The summed E-state index contributed by atoms with van der Waals surface area (Å²) in [6, 6.07) is 5.36. The van der Waals surface area contributed by atoms with E-state index in [9.17, 15) is 5.26 Å². The molecular weight excluding hydrogens is 392 g/mol. The smallest absolute Gasteiger partial charge is 0.179 e. The lowest BCUT2D eigenvalue weighted by Gasteiger charge is -2.28. The van der Waals surface area contributed by atoms with Gasteiger partial charge in [0.05, 0.1) is 30.4 Å². The van der Waals surface area contributed by atoms with E-state index in [2.05, 4.69) is 56.6 Å². The number of nitrogens with zero attached hydrogens (tertiary/aromatic N) is 6. The lowest BCUT2D eigenvalue weighted by molar-refractivity contribution is 0.130. The van der Waals surface area contributed by atoms with Crippen LogP contribution >= 0.6 is 0 Å². The molecule has 3 rings (SSSR count). The summed E-state index contributed by atoms with van der Waals surface area (Å²) in [7, 11) is -1.17. The first-order chi connectivity index (χ1) is 14.0. The van der Waals surface area contributed by atoms with Crippen LogP contribution < -0.4 is 4.84 Å². The van der Waals surface area contributed by atoms with Crippen molar-refractivity contribution in [1.82, 2.24) is 24.5 Å². The number of rotatable bonds is 7. The molecule has 0 radical (unpaired) electrons. The van der Waals surface area contributed by atoms with Crippen LogP contribution in [0.4, 0.5) is 0 Å². The van der Waals surface area contributed by atoms with Gasteiger partial charge in [0.15, 0.2) is 5.65 Å². The number of nitriles is 1. The fourth-order valence-corrected chi connectivity index (χ4v) is 4.09. The normalized spacial score (nSPS) is 13.4. The van der Waals surface area contributed by atoms with Crippen molar-refractivity contribution in [3.05, 3.63) is 30.5 Å². The van der Waals surface area contributed by atoms with Gasteiger partial charge in [-0.15, -0.1) is 0 Å². The van der Waals surface area contributed by atoms with Crippen LogP contribution in [0.25, 0.3) is 22.3 Å². The van der Waals surface area contributed by atoms with Gasteiger partial charge in [-0.05, 0) is 24.4 Å². The summed E-state index contributed by atoms with van der Waals surface area (Å²) >= 11 is 0. The fourth-order valence-electron chi connectivity index (χ4n) is 3.39. The van der Waals surface area contributed by atoms with Crippen molar-refractivity contribution < 1.29 is 4.84 Å². The summed E-state index contributed by atoms with van der Waals surface area (Å²) in [6.45, 7) is 16.0. The molecule has 160 valence electrons. The third kappa shape index (κ3) is 4.90. The van der Waals surface area contributed by atoms with E-state index in [4.69, 9.17) is 9.82 Å². The van der Waals surface area contributed by atoms with Gasteiger partial charge in [0.25, 0.3) is 0 Å². The van der Waals surface area contributed by atoms with Gasteiger partial charge >= 0.3 is 0 Å². The number of fused-ring (bicyclic) bond motifs is 1. The molecule has 0 bridgehead atoms. The fraction of sp³-hybridized carbons (Fsp3) is 0.545. The molecule has 7 nitrogen and oxygen atoms in total. The molecule has 1 atom stereocenters. The highest BCUT2D eigenvalue weighted by molar-refractivity contribution is 6.76. The summed E-state index contributed by atoms with van der Waals surface area (Å²) in [5, 5.41) is 14.8. The minimum Gasteiger partial charge on any atom is -0.413 e. The average molecular weight is 425 g/mol. The number of aromatic nitrogens is 5. The molecule has 30 heavy (non-hydrogen) atoms. The maximum absolute atomic E-state index is 9.26. The van der Waals surface area contributed by atoms with Crippen LogP contribution in [0, 0.1) is 23.7 Å². The Morgan fingerprint density at radius 1 is 1.23 bits per heavy atom. The van der Waals surface area contributed by atoms with Crippen LogP contribution in [-0.4, -0.2) is 39.2 Å². The lowest BCUT2D eigenvalue weighted by atomic mass is 9.85. The van der Waals surface area contributed by atoms with Crippen molar-refractivity contribution in [2.45, 2.75) is 65.8 Å². The van der Waals surface area contributed by atoms with E-state index < -0.39 is 8.07 Å². The Morgan fingerprint density at radius 2 is 1.97 bits per heavy atom. The molecule has 0 fully saturated rings. The van der Waals surface area contributed by atoms with E-state index in [1.807, 2.05) is 36.3 Å². The van der Waals surface area contributed by atoms with Crippen molar-refractivity contribution in [2.75, 3.05) is 6.61 Å². The largest absolute Gasteiger partial charge is 0.413 e. The third-order valence-corrected chi connectivity index (χ3v) is 6.89. The zero-order chi connectivity index (χ0) is 22.1. The molecule has 0 aliphatic rings. The number of aryl methyl sites for hydroxylation is 1. The monoisotopic (exact) mass is 424 g/mol. The SMILES string of the molecule is Cc1nc(-c2cnn([C@H](CC#N)C(C)(C)C)c2)c2ccn(OCC[Si](C)(C)C)c2n1. The van der Waals surface area contributed by atoms with Gasteiger partial charge < -0.3 is 4.84 Å². The van der Waals surface area contributed by atoms with Gasteiger partial charge in [-0.3, -0.25) is 4.68 Å². The summed E-state index contributed by atoms with van der Waals surface area (Å²) < 4.78 is 3.65. The molecule has 0 aliphatic heterocycles. The zero-order valence-corrected chi connectivity index (χ0v) is 20.1. The predicted molar refractivity (Wildman–Crippen MR) is 122 cm³/mol. The summed E-state index contributed by atoms with van der Waals surface area (Å²) in [5.74, 6) is 0.684. The Labute approximate surface area is 179 Å². The minimum atomic E-state index is -1.17. The molecule has 0 saturated heterocycles. The molecule has 8 heteroatoms. The first kappa shape index (κ1) is 22.0. The molecule has 0 amide bonds. The van der Waals surface area contributed by atoms with E-state index >= 15 is 0 Å². The first-order valence-electron chi connectivity index (χ1n) is 10.4. The van der Waals surface area contributed by atoms with E-state index in [1.165, 1.54) is 0 Å². The van der Waals surface area contributed by atoms with E-state index in [1.54, 1.807) is 4.73 Å². The van der Waals surface area contributed by atoms with Crippen LogP contribution in [0.3, 0.4) is 0 Å². The maximum Gasteiger partial charge on any atom is 0.179 e. The second-order valence-corrected chi connectivity index (χ2v) is 15.7. The standard InChI is InChI=1S/C22H32N6OSi/c1-16-25-20(17-14-24-27(15-17)19(8-10-23)22(2,3)4)18-9-11-28(21(18)26-16)29-12-13-30(5,6)7/h9,11,14-15,19H,8,12-13H2,1-7H3/t19-/m1/s1. The Morgan fingerprint density at radius 3 is 2.60 bits per heavy atom. The molecule has 3 aromatic heterocycles. The highest BCUT2D eigenvalue weighted by Crippen LogP contribution is 2.34. The van der Waals surface area contributed by atoms with Crippen LogP contribution in [0.2, 0.25) is 25.7 Å². The number of hydrogen-bond acceptors (Lipinski definition) is 5. The van der Waals surface area contributed by atoms with Crippen molar-refractivity contribution in [2.24, 2.45) is 5.41 Å². The van der Waals surface area contributed by atoms with Gasteiger partial charge in [-0.2, -0.15) is 15.1 Å². The predicted octanol–water partition coefficient (Wildman–Crippen LogP) is 4.87. The molecule has 0 N–H and O–H groups in total. The molecule has 3 heterocycles.